The van der Waals surface area contributed by atoms with Gasteiger partial charge >= 0.3 is 0 Å². The van der Waals surface area contributed by atoms with E-state index in [1.165, 1.54) is 41.3 Å². The molecule has 27 heavy (non-hydrogen) atoms. The Morgan fingerprint density at radius 2 is 0.889 bits per heavy atom. The normalized spacial score (nSPS) is 11.0. The molecule has 0 saturated carbocycles. The maximum absolute atomic E-state index is 5.86. The third kappa shape index (κ3) is 5.44. The molecule has 0 aliphatic carbocycles. The molecule has 0 aliphatic heterocycles. The first-order valence-electron chi connectivity index (χ1n) is 9.49. The Balaban J connectivity index is 0.00000261. The fourth-order valence-corrected chi connectivity index (χ4v) is 8.28. The second-order valence-corrected chi connectivity index (χ2v) is 10.6. The van der Waals surface area contributed by atoms with Crippen molar-refractivity contribution in [2.75, 3.05) is 12.0 Å². The van der Waals surface area contributed by atoms with Gasteiger partial charge in [0.15, 0.2) is 0 Å². The Morgan fingerprint density at radius 1 is 0.519 bits per heavy atom. The molecule has 0 aromatic heterocycles. The van der Waals surface area contributed by atoms with Gasteiger partial charge in [0.2, 0.25) is 0 Å². The fourth-order valence-electron chi connectivity index (χ4n) is 3.68. The van der Waals surface area contributed by atoms with Crippen LogP contribution in [0.15, 0.2) is 91.0 Å². The Labute approximate surface area is 180 Å². The molecule has 0 aliphatic rings. The summed E-state index contributed by atoms with van der Waals surface area (Å²) in [5, 5.41) is 4.44. The second-order valence-electron chi connectivity index (χ2n) is 6.64. The quantitative estimate of drug-likeness (QED) is 0.261. The molecular formula is C24H27BrClP. The van der Waals surface area contributed by atoms with Gasteiger partial charge in [-0.3, -0.25) is 0 Å². The van der Waals surface area contributed by atoms with E-state index >= 15 is 0 Å². The smallest absolute Gasteiger partial charge is 0.112 e. The summed E-state index contributed by atoms with van der Waals surface area (Å²) in [5.74, 6) is 0.774. The molecule has 3 aromatic carbocycles. The van der Waals surface area contributed by atoms with Crippen molar-refractivity contribution in [1.29, 1.82) is 0 Å². The summed E-state index contributed by atoms with van der Waals surface area (Å²) in [6.45, 7) is 0. The van der Waals surface area contributed by atoms with Crippen LogP contribution in [-0.4, -0.2) is 12.0 Å². The predicted octanol–water partition coefficient (Wildman–Crippen LogP) is 2.78. The molecule has 0 N–H and O–H groups in total. The highest BCUT2D eigenvalue weighted by molar-refractivity contribution is 7.95. The SMILES string of the molecule is ClCCCCCC[P+](c1ccccc1)(c1ccccc1)c1ccccc1.[Br-]. The minimum absolute atomic E-state index is 0. The van der Waals surface area contributed by atoms with Crippen molar-refractivity contribution in [1.82, 2.24) is 0 Å². The zero-order chi connectivity index (χ0) is 18.1. The van der Waals surface area contributed by atoms with Gasteiger partial charge in [0.1, 0.15) is 23.2 Å². The van der Waals surface area contributed by atoms with Crippen LogP contribution in [0.25, 0.3) is 0 Å². The van der Waals surface area contributed by atoms with Crippen LogP contribution in [0.5, 0.6) is 0 Å². The molecule has 0 atom stereocenters. The van der Waals surface area contributed by atoms with Crippen molar-refractivity contribution in [3.05, 3.63) is 91.0 Å². The van der Waals surface area contributed by atoms with E-state index in [9.17, 15) is 0 Å². The van der Waals surface area contributed by atoms with E-state index in [0.717, 1.165) is 12.3 Å². The van der Waals surface area contributed by atoms with Gasteiger partial charge in [0, 0.05) is 5.88 Å². The van der Waals surface area contributed by atoms with E-state index in [1.54, 1.807) is 0 Å². The van der Waals surface area contributed by atoms with Crippen LogP contribution in [0, 0.1) is 0 Å². The average molecular weight is 462 g/mol. The monoisotopic (exact) mass is 460 g/mol. The third-order valence-electron chi connectivity index (χ3n) is 4.97. The Morgan fingerprint density at radius 3 is 1.26 bits per heavy atom. The van der Waals surface area contributed by atoms with Gasteiger partial charge in [-0.15, -0.1) is 11.6 Å². The van der Waals surface area contributed by atoms with E-state index in [0.29, 0.717) is 0 Å². The summed E-state index contributed by atoms with van der Waals surface area (Å²) < 4.78 is 0. The third-order valence-corrected chi connectivity index (χ3v) is 9.76. The average Bonchev–Trinajstić information content (AvgIpc) is 2.73. The number of rotatable bonds is 9. The van der Waals surface area contributed by atoms with Gasteiger partial charge in [-0.1, -0.05) is 61.0 Å². The zero-order valence-corrected chi connectivity index (χ0v) is 18.8. The summed E-state index contributed by atoms with van der Waals surface area (Å²) in [7, 11) is -1.63. The summed E-state index contributed by atoms with van der Waals surface area (Å²) in [6, 6.07) is 33.4. The van der Waals surface area contributed by atoms with E-state index in [4.69, 9.17) is 11.6 Å². The lowest BCUT2D eigenvalue weighted by molar-refractivity contribution is -0.00000505. The molecule has 0 radical (unpaired) electrons. The van der Waals surface area contributed by atoms with Crippen molar-refractivity contribution < 1.29 is 17.0 Å². The molecule has 0 nitrogen and oxygen atoms in total. The molecule has 0 unspecified atom stereocenters. The van der Waals surface area contributed by atoms with Crippen molar-refractivity contribution in [2.24, 2.45) is 0 Å². The number of alkyl halides is 1. The standard InChI is InChI=1S/C24H27ClP.BrH/c25-20-12-1-2-13-21-26(22-14-6-3-7-15-22,23-16-8-4-9-17-23)24-18-10-5-11-19-24;/h3-11,14-19H,1-2,12-13,20-21H2;1H/q+1;/p-1. The van der Waals surface area contributed by atoms with Crippen molar-refractivity contribution in [3.63, 3.8) is 0 Å². The number of benzene rings is 3. The zero-order valence-electron chi connectivity index (χ0n) is 15.6. The summed E-state index contributed by atoms with van der Waals surface area (Å²) >= 11 is 5.86. The summed E-state index contributed by atoms with van der Waals surface area (Å²) in [5.41, 5.74) is 0. The van der Waals surface area contributed by atoms with Gasteiger partial charge in [-0.05, 0) is 55.7 Å². The lowest BCUT2D eigenvalue weighted by atomic mass is 10.2. The number of hydrogen-bond acceptors (Lipinski definition) is 0. The Bertz CT molecular complexity index is 665. The highest BCUT2D eigenvalue weighted by Gasteiger charge is 2.44. The lowest BCUT2D eigenvalue weighted by Gasteiger charge is -2.27. The molecule has 0 saturated heterocycles. The number of hydrogen-bond donors (Lipinski definition) is 0. The maximum atomic E-state index is 5.86. The molecule has 142 valence electrons. The van der Waals surface area contributed by atoms with Crippen LogP contribution in [0.4, 0.5) is 0 Å². The van der Waals surface area contributed by atoms with Crippen molar-refractivity contribution >= 4 is 34.8 Å². The van der Waals surface area contributed by atoms with Crippen LogP contribution < -0.4 is 32.9 Å². The minimum Gasteiger partial charge on any atom is -1.00 e. The highest BCUT2D eigenvalue weighted by Crippen LogP contribution is 2.55. The molecule has 0 spiro atoms. The van der Waals surface area contributed by atoms with Crippen molar-refractivity contribution in [3.8, 4) is 0 Å². The maximum Gasteiger partial charge on any atom is 0.112 e. The minimum atomic E-state index is -1.63. The highest BCUT2D eigenvalue weighted by atomic mass is 79.9. The fraction of sp³-hybridized carbons (Fsp3) is 0.250. The van der Waals surface area contributed by atoms with Crippen LogP contribution in [0.1, 0.15) is 25.7 Å². The van der Waals surface area contributed by atoms with Gasteiger partial charge < -0.3 is 17.0 Å². The largest absolute Gasteiger partial charge is 1.00 e. The van der Waals surface area contributed by atoms with Crippen LogP contribution >= 0.6 is 18.9 Å². The van der Waals surface area contributed by atoms with E-state index in [2.05, 4.69) is 91.0 Å². The van der Waals surface area contributed by atoms with Gasteiger partial charge in [-0.25, -0.2) is 0 Å². The number of unbranched alkanes of at least 4 members (excludes halogenated alkanes) is 3. The number of halogens is 2. The van der Waals surface area contributed by atoms with Gasteiger partial charge in [0.25, 0.3) is 0 Å². The van der Waals surface area contributed by atoms with Gasteiger partial charge in [0.05, 0.1) is 6.16 Å². The van der Waals surface area contributed by atoms with Crippen LogP contribution in [0.3, 0.4) is 0 Å². The predicted molar refractivity (Wildman–Crippen MR) is 119 cm³/mol. The molecule has 0 fully saturated rings. The molecule has 0 amide bonds. The Kier molecular flexibility index (Phi) is 9.56. The molecule has 0 heterocycles. The van der Waals surface area contributed by atoms with Crippen LogP contribution in [0.2, 0.25) is 0 Å². The lowest BCUT2D eigenvalue weighted by Crippen LogP contribution is -3.00. The Hall–Kier alpha value is -1.14. The first kappa shape index (κ1) is 22.2. The molecule has 3 rings (SSSR count). The molecular weight excluding hydrogens is 435 g/mol. The first-order valence-corrected chi connectivity index (χ1v) is 12.0. The van der Waals surface area contributed by atoms with Gasteiger partial charge in [-0.2, -0.15) is 0 Å². The van der Waals surface area contributed by atoms with E-state index in [1.807, 2.05) is 0 Å². The summed E-state index contributed by atoms with van der Waals surface area (Å²) in [6.07, 6.45) is 6.05. The van der Waals surface area contributed by atoms with E-state index < -0.39 is 7.26 Å². The summed E-state index contributed by atoms with van der Waals surface area (Å²) in [4.78, 5) is 0. The first-order chi connectivity index (χ1) is 12.9. The molecule has 3 heteroatoms. The topological polar surface area (TPSA) is 0 Å². The second kappa shape index (κ2) is 11.6. The molecule has 3 aromatic rings. The van der Waals surface area contributed by atoms with Crippen LogP contribution in [-0.2, 0) is 0 Å². The van der Waals surface area contributed by atoms with E-state index in [-0.39, 0.29) is 17.0 Å². The molecule has 0 bridgehead atoms. The van der Waals surface area contributed by atoms with Crippen molar-refractivity contribution in [2.45, 2.75) is 25.7 Å².